The number of amides is 2. The molecule has 7 heteroatoms. The standard InChI is InChI=1S/C29H31N3O3S/c1-20(22-6-4-3-5-7-22)30-28(33)23-12-15-31(16-13-23)29(34)26-18-27-25(14-17-36-27)32(26)19-21-8-10-24(35-2)11-9-21/h3-11,14,17-18,20,23H,12-13,15-16,19H2,1-2H3,(H,30,33). The lowest BCUT2D eigenvalue weighted by atomic mass is 9.95. The zero-order valence-electron chi connectivity index (χ0n) is 20.6. The van der Waals surface area contributed by atoms with E-state index in [9.17, 15) is 9.59 Å². The summed E-state index contributed by atoms with van der Waals surface area (Å²) in [5, 5.41) is 5.21. The number of aromatic nitrogens is 1. The molecule has 0 saturated carbocycles. The molecule has 2 aromatic carbocycles. The Balaban J connectivity index is 1.25. The molecule has 2 amide bonds. The second-order valence-corrected chi connectivity index (χ2v) is 10.3. The zero-order chi connectivity index (χ0) is 25.1. The predicted octanol–water partition coefficient (Wildman–Crippen LogP) is 5.49. The lowest BCUT2D eigenvalue weighted by molar-refractivity contribution is -0.127. The SMILES string of the molecule is COc1ccc(Cn2c(C(=O)N3CCC(C(=O)NC(C)c4ccccc4)CC3)cc3sccc32)cc1. The van der Waals surface area contributed by atoms with E-state index >= 15 is 0 Å². The highest BCUT2D eigenvalue weighted by Gasteiger charge is 2.30. The van der Waals surface area contributed by atoms with Crippen molar-refractivity contribution >= 4 is 33.4 Å². The van der Waals surface area contributed by atoms with Crippen molar-refractivity contribution in [3.63, 3.8) is 0 Å². The van der Waals surface area contributed by atoms with Crippen LogP contribution < -0.4 is 10.1 Å². The Bertz CT molecular complexity index is 1340. The summed E-state index contributed by atoms with van der Waals surface area (Å²) in [6, 6.07) is 22.0. The van der Waals surface area contributed by atoms with Gasteiger partial charge in [-0.3, -0.25) is 9.59 Å². The summed E-state index contributed by atoms with van der Waals surface area (Å²) in [6.07, 6.45) is 1.35. The van der Waals surface area contributed by atoms with Crippen LogP contribution in [0.15, 0.2) is 72.1 Å². The molecule has 4 aromatic rings. The Morgan fingerprint density at radius 1 is 1.06 bits per heavy atom. The first-order chi connectivity index (χ1) is 17.5. The maximum Gasteiger partial charge on any atom is 0.270 e. The van der Waals surface area contributed by atoms with E-state index in [2.05, 4.69) is 21.3 Å². The Morgan fingerprint density at radius 3 is 2.47 bits per heavy atom. The molecule has 186 valence electrons. The van der Waals surface area contributed by atoms with Gasteiger partial charge in [0.25, 0.3) is 5.91 Å². The van der Waals surface area contributed by atoms with E-state index < -0.39 is 0 Å². The molecular weight excluding hydrogens is 470 g/mol. The van der Waals surface area contributed by atoms with Crippen LogP contribution in [0.2, 0.25) is 0 Å². The second kappa shape index (κ2) is 10.6. The van der Waals surface area contributed by atoms with Gasteiger partial charge in [-0.15, -0.1) is 11.3 Å². The Morgan fingerprint density at radius 2 is 1.78 bits per heavy atom. The van der Waals surface area contributed by atoms with Crippen molar-refractivity contribution in [1.29, 1.82) is 0 Å². The maximum absolute atomic E-state index is 13.6. The molecule has 1 aliphatic heterocycles. The molecule has 1 saturated heterocycles. The number of likely N-dealkylation sites (tertiary alicyclic amines) is 1. The number of piperidine rings is 1. The molecule has 1 N–H and O–H groups in total. The van der Waals surface area contributed by atoms with Gasteiger partial charge in [0.2, 0.25) is 5.91 Å². The molecule has 1 atom stereocenters. The first-order valence-corrected chi connectivity index (χ1v) is 13.3. The normalized spacial score (nSPS) is 15.1. The minimum absolute atomic E-state index is 0.0309. The van der Waals surface area contributed by atoms with Crippen LogP contribution in [0.25, 0.3) is 10.2 Å². The van der Waals surface area contributed by atoms with Crippen LogP contribution in [0.4, 0.5) is 0 Å². The van der Waals surface area contributed by atoms with E-state index in [0.717, 1.165) is 27.1 Å². The molecule has 3 heterocycles. The van der Waals surface area contributed by atoms with E-state index in [4.69, 9.17) is 4.74 Å². The van der Waals surface area contributed by atoms with Crippen LogP contribution >= 0.6 is 11.3 Å². The molecule has 6 nitrogen and oxygen atoms in total. The van der Waals surface area contributed by atoms with Crippen molar-refractivity contribution in [2.24, 2.45) is 5.92 Å². The summed E-state index contributed by atoms with van der Waals surface area (Å²) >= 11 is 1.65. The molecule has 0 radical (unpaired) electrons. The van der Waals surface area contributed by atoms with Crippen molar-refractivity contribution in [2.75, 3.05) is 20.2 Å². The summed E-state index contributed by atoms with van der Waals surface area (Å²) < 4.78 is 8.49. The third-order valence-corrected chi connectivity index (χ3v) is 7.91. The van der Waals surface area contributed by atoms with Crippen molar-refractivity contribution in [3.8, 4) is 5.75 Å². The van der Waals surface area contributed by atoms with Gasteiger partial charge in [-0.25, -0.2) is 0 Å². The first-order valence-electron chi connectivity index (χ1n) is 12.4. The van der Waals surface area contributed by atoms with E-state index in [1.165, 1.54) is 0 Å². The second-order valence-electron chi connectivity index (χ2n) is 9.34. The highest BCUT2D eigenvalue weighted by molar-refractivity contribution is 7.17. The number of rotatable bonds is 7. The van der Waals surface area contributed by atoms with Crippen molar-refractivity contribution in [2.45, 2.75) is 32.4 Å². The quantitative estimate of drug-likeness (QED) is 0.364. The number of benzene rings is 2. The highest BCUT2D eigenvalue weighted by Crippen LogP contribution is 2.29. The molecule has 1 fully saturated rings. The van der Waals surface area contributed by atoms with Gasteiger partial charge < -0.3 is 19.5 Å². The smallest absolute Gasteiger partial charge is 0.270 e. The monoisotopic (exact) mass is 501 g/mol. The minimum Gasteiger partial charge on any atom is -0.497 e. The fraction of sp³-hybridized carbons (Fsp3) is 0.310. The van der Waals surface area contributed by atoms with Gasteiger partial charge in [0.05, 0.1) is 23.4 Å². The van der Waals surface area contributed by atoms with E-state index in [-0.39, 0.29) is 23.8 Å². The predicted molar refractivity (Wildman–Crippen MR) is 144 cm³/mol. The molecular formula is C29H31N3O3S. The summed E-state index contributed by atoms with van der Waals surface area (Å²) in [7, 11) is 1.66. The largest absolute Gasteiger partial charge is 0.497 e. The number of carbonyl (C=O) groups excluding carboxylic acids is 2. The minimum atomic E-state index is -0.0743. The molecule has 2 aromatic heterocycles. The van der Waals surface area contributed by atoms with Crippen LogP contribution in [-0.4, -0.2) is 41.5 Å². The van der Waals surface area contributed by atoms with Gasteiger partial charge in [0, 0.05) is 25.6 Å². The van der Waals surface area contributed by atoms with Gasteiger partial charge in [-0.05, 0) is 60.5 Å². The number of nitrogens with one attached hydrogen (secondary N) is 1. The fourth-order valence-electron chi connectivity index (χ4n) is 4.90. The number of thiophene rings is 1. The van der Waals surface area contributed by atoms with E-state index in [1.54, 1.807) is 18.4 Å². The average molecular weight is 502 g/mol. The highest BCUT2D eigenvalue weighted by atomic mass is 32.1. The third-order valence-electron chi connectivity index (χ3n) is 7.05. The third kappa shape index (κ3) is 5.02. The summed E-state index contributed by atoms with van der Waals surface area (Å²) in [6.45, 7) is 3.78. The topological polar surface area (TPSA) is 63.6 Å². The number of ether oxygens (including phenoxy) is 1. The molecule has 36 heavy (non-hydrogen) atoms. The van der Waals surface area contributed by atoms with Crippen molar-refractivity contribution < 1.29 is 14.3 Å². The number of methoxy groups -OCH3 is 1. The summed E-state index contributed by atoms with van der Waals surface area (Å²) in [5.74, 6) is 0.841. The lowest BCUT2D eigenvalue weighted by Crippen LogP contribution is -2.43. The Kier molecular flexibility index (Phi) is 7.09. The van der Waals surface area contributed by atoms with Crippen LogP contribution in [0.1, 0.15) is 47.4 Å². The maximum atomic E-state index is 13.6. The van der Waals surface area contributed by atoms with E-state index in [1.807, 2.05) is 72.5 Å². The van der Waals surface area contributed by atoms with Crippen LogP contribution in [0, 0.1) is 5.92 Å². The van der Waals surface area contributed by atoms with E-state index in [0.29, 0.717) is 38.2 Å². The van der Waals surface area contributed by atoms with Gasteiger partial charge in [0.1, 0.15) is 11.4 Å². The number of fused-ring (bicyclic) bond motifs is 1. The number of carbonyl (C=O) groups is 2. The Hall–Kier alpha value is -3.58. The van der Waals surface area contributed by atoms with Gasteiger partial charge in [0.15, 0.2) is 0 Å². The average Bonchev–Trinajstić information content (AvgIpc) is 3.52. The first kappa shape index (κ1) is 24.1. The fourth-order valence-corrected chi connectivity index (χ4v) is 5.72. The molecule has 0 aliphatic carbocycles. The molecule has 0 bridgehead atoms. The summed E-state index contributed by atoms with van der Waals surface area (Å²) in [5.41, 5.74) is 3.98. The Labute approximate surface area is 215 Å². The molecule has 5 rings (SSSR count). The van der Waals surface area contributed by atoms with Crippen LogP contribution in [-0.2, 0) is 11.3 Å². The number of hydrogen-bond acceptors (Lipinski definition) is 4. The zero-order valence-corrected chi connectivity index (χ0v) is 21.5. The molecule has 1 aliphatic rings. The lowest BCUT2D eigenvalue weighted by Gasteiger charge is -2.32. The van der Waals surface area contributed by atoms with Crippen molar-refractivity contribution in [1.82, 2.24) is 14.8 Å². The van der Waals surface area contributed by atoms with Gasteiger partial charge in [-0.2, -0.15) is 0 Å². The molecule has 1 unspecified atom stereocenters. The van der Waals surface area contributed by atoms with Crippen molar-refractivity contribution in [3.05, 3.63) is 88.9 Å². The number of hydrogen-bond donors (Lipinski definition) is 1. The summed E-state index contributed by atoms with van der Waals surface area (Å²) in [4.78, 5) is 28.4. The van der Waals surface area contributed by atoms with Gasteiger partial charge >= 0.3 is 0 Å². The molecule has 0 spiro atoms. The number of nitrogens with zero attached hydrogens (tertiary/aromatic N) is 2. The van der Waals surface area contributed by atoms with Crippen LogP contribution in [0.3, 0.4) is 0 Å². The van der Waals surface area contributed by atoms with Crippen LogP contribution in [0.5, 0.6) is 5.75 Å². The van der Waals surface area contributed by atoms with Gasteiger partial charge in [-0.1, -0.05) is 42.5 Å².